The lowest BCUT2D eigenvalue weighted by atomic mass is 10.1. The van der Waals surface area contributed by atoms with Crippen LogP contribution in [0.4, 0.5) is 5.69 Å². The van der Waals surface area contributed by atoms with E-state index in [-0.39, 0.29) is 11.6 Å². The van der Waals surface area contributed by atoms with Gasteiger partial charge in [-0.1, -0.05) is 37.1 Å². The molecule has 1 aromatic heterocycles. The molecule has 7 heteroatoms. The van der Waals surface area contributed by atoms with Crippen molar-refractivity contribution >= 4 is 22.9 Å². The van der Waals surface area contributed by atoms with Gasteiger partial charge in [0, 0.05) is 19.2 Å². The summed E-state index contributed by atoms with van der Waals surface area (Å²) >= 11 is 1.15. The molecule has 0 atom stereocenters. The van der Waals surface area contributed by atoms with Gasteiger partial charge in [0.25, 0.3) is 11.6 Å². The Bertz CT molecular complexity index is 811. The topological polar surface area (TPSA) is 75.5 Å². The fraction of sp³-hybridized carbons (Fsp3) is 0.450. The number of aryl methyl sites for hydroxylation is 1. The molecule has 1 N–H and O–H groups in total. The maximum atomic E-state index is 12.3. The van der Waals surface area contributed by atoms with E-state index in [1.54, 1.807) is 6.92 Å². The number of rotatable bonds is 6. The van der Waals surface area contributed by atoms with Crippen molar-refractivity contribution in [1.82, 2.24) is 10.2 Å². The second-order valence-electron chi connectivity index (χ2n) is 7.00. The first-order chi connectivity index (χ1) is 13.0. The van der Waals surface area contributed by atoms with Gasteiger partial charge in [-0.15, -0.1) is 11.3 Å². The van der Waals surface area contributed by atoms with E-state index < -0.39 is 4.92 Å². The van der Waals surface area contributed by atoms with Gasteiger partial charge in [0.2, 0.25) is 0 Å². The highest BCUT2D eigenvalue weighted by molar-refractivity contribution is 7.14. The Morgan fingerprint density at radius 3 is 2.56 bits per heavy atom. The minimum absolute atomic E-state index is 0.00426. The summed E-state index contributed by atoms with van der Waals surface area (Å²) in [5.41, 5.74) is 2.30. The highest BCUT2D eigenvalue weighted by atomic mass is 32.1. The molecule has 1 amide bonds. The second kappa shape index (κ2) is 9.10. The third-order valence-corrected chi connectivity index (χ3v) is 5.90. The van der Waals surface area contributed by atoms with Crippen molar-refractivity contribution < 1.29 is 9.72 Å². The average Bonchev–Trinajstić information content (AvgIpc) is 2.86. The molecule has 0 radical (unpaired) electrons. The Balaban J connectivity index is 1.58. The van der Waals surface area contributed by atoms with Crippen LogP contribution in [0.15, 0.2) is 30.3 Å². The lowest BCUT2D eigenvalue weighted by molar-refractivity contribution is -0.385. The molecule has 0 saturated carbocycles. The molecule has 1 aliphatic heterocycles. The van der Waals surface area contributed by atoms with Crippen molar-refractivity contribution in [2.75, 3.05) is 13.1 Å². The molecule has 0 spiro atoms. The van der Waals surface area contributed by atoms with Gasteiger partial charge >= 0.3 is 0 Å². The highest BCUT2D eigenvalue weighted by Gasteiger charge is 2.19. The number of likely N-dealkylation sites (tertiary alicyclic amines) is 1. The van der Waals surface area contributed by atoms with E-state index >= 15 is 0 Å². The lowest BCUT2D eigenvalue weighted by Crippen LogP contribution is -2.24. The predicted molar refractivity (Wildman–Crippen MR) is 107 cm³/mol. The number of carbonyl (C=O) groups excluding carboxylic acids is 1. The van der Waals surface area contributed by atoms with Crippen LogP contribution >= 0.6 is 11.3 Å². The van der Waals surface area contributed by atoms with Crippen LogP contribution in [0.1, 0.15) is 51.4 Å². The first-order valence-electron chi connectivity index (χ1n) is 9.36. The molecule has 1 fully saturated rings. The molecular formula is C20H25N3O3S. The zero-order valence-corrected chi connectivity index (χ0v) is 16.4. The van der Waals surface area contributed by atoms with E-state index in [0.29, 0.717) is 16.3 Å². The maximum Gasteiger partial charge on any atom is 0.283 e. The van der Waals surface area contributed by atoms with Crippen LogP contribution in [-0.4, -0.2) is 28.8 Å². The number of thiophene rings is 1. The van der Waals surface area contributed by atoms with Crippen LogP contribution in [0.25, 0.3) is 0 Å². The lowest BCUT2D eigenvalue weighted by Gasteiger charge is -2.20. The Morgan fingerprint density at radius 2 is 1.89 bits per heavy atom. The second-order valence-corrected chi connectivity index (χ2v) is 8.26. The van der Waals surface area contributed by atoms with Gasteiger partial charge in [-0.3, -0.25) is 19.8 Å². The fourth-order valence-corrected chi connectivity index (χ4v) is 4.33. The van der Waals surface area contributed by atoms with Crippen LogP contribution in [-0.2, 0) is 13.1 Å². The summed E-state index contributed by atoms with van der Waals surface area (Å²) in [6.07, 6.45) is 5.18. The molecule has 1 saturated heterocycles. The number of amides is 1. The van der Waals surface area contributed by atoms with E-state index in [1.807, 2.05) is 12.1 Å². The normalized spacial score (nSPS) is 15.3. The van der Waals surface area contributed by atoms with Crippen molar-refractivity contribution in [2.24, 2.45) is 0 Å². The molecule has 27 heavy (non-hydrogen) atoms. The molecule has 0 bridgehead atoms. The summed E-state index contributed by atoms with van der Waals surface area (Å²) in [7, 11) is 0. The van der Waals surface area contributed by atoms with Crippen LogP contribution in [0.5, 0.6) is 0 Å². The molecule has 3 rings (SSSR count). The standard InChI is InChI=1S/C20H25N3O3S/c1-15-18(23(25)26)12-19(27-15)20(24)21-13-16-7-6-8-17(11-16)14-22-9-4-2-3-5-10-22/h6-8,11-12H,2-5,9-10,13-14H2,1H3,(H,21,24). The molecule has 0 unspecified atom stereocenters. The quantitative estimate of drug-likeness (QED) is 0.593. The smallest absolute Gasteiger partial charge is 0.283 e. The number of benzene rings is 1. The summed E-state index contributed by atoms with van der Waals surface area (Å²) in [4.78, 5) is 26.2. The van der Waals surface area contributed by atoms with Crippen LogP contribution in [0, 0.1) is 17.0 Å². The molecule has 2 aromatic rings. The van der Waals surface area contributed by atoms with Gasteiger partial charge in [0.1, 0.15) is 0 Å². The Hall–Kier alpha value is -2.25. The zero-order chi connectivity index (χ0) is 19.2. The van der Waals surface area contributed by atoms with Crippen molar-refractivity contribution in [1.29, 1.82) is 0 Å². The fourth-order valence-electron chi connectivity index (χ4n) is 3.43. The highest BCUT2D eigenvalue weighted by Crippen LogP contribution is 2.28. The van der Waals surface area contributed by atoms with Crippen molar-refractivity contribution in [3.05, 3.63) is 61.3 Å². The summed E-state index contributed by atoms with van der Waals surface area (Å²) < 4.78 is 0. The monoisotopic (exact) mass is 387 g/mol. The molecule has 6 nitrogen and oxygen atoms in total. The zero-order valence-electron chi connectivity index (χ0n) is 15.6. The van der Waals surface area contributed by atoms with Gasteiger partial charge in [0.05, 0.1) is 14.7 Å². The summed E-state index contributed by atoms with van der Waals surface area (Å²) in [6, 6.07) is 9.63. The van der Waals surface area contributed by atoms with Crippen LogP contribution < -0.4 is 5.32 Å². The van der Waals surface area contributed by atoms with Crippen LogP contribution in [0.2, 0.25) is 0 Å². The molecule has 144 valence electrons. The predicted octanol–water partition coefficient (Wildman–Crippen LogP) is 4.27. The van der Waals surface area contributed by atoms with Crippen LogP contribution in [0.3, 0.4) is 0 Å². The van der Waals surface area contributed by atoms with E-state index in [9.17, 15) is 14.9 Å². The minimum atomic E-state index is -0.449. The van der Waals surface area contributed by atoms with Gasteiger partial charge in [0.15, 0.2) is 0 Å². The number of hydrogen-bond acceptors (Lipinski definition) is 5. The average molecular weight is 388 g/mol. The number of carbonyl (C=O) groups is 1. The van der Waals surface area contributed by atoms with Crippen molar-refractivity contribution in [2.45, 2.75) is 45.7 Å². The Kier molecular flexibility index (Phi) is 6.58. The summed E-state index contributed by atoms with van der Waals surface area (Å²) in [5, 5.41) is 13.8. The maximum absolute atomic E-state index is 12.3. The first-order valence-corrected chi connectivity index (χ1v) is 10.2. The first kappa shape index (κ1) is 19.5. The van der Waals surface area contributed by atoms with E-state index in [1.165, 1.54) is 37.3 Å². The third kappa shape index (κ3) is 5.37. The molecule has 1 aliphatic rings. The third-order valence-electron chi connectivity index (χ3n) is 4.86. The van der Waals surface area contributed by atoms with E-state index in [2.05, 4.69) is 22.3 Å². The van der Waals surface area contributed by atoms with Crippen molar-refractivity contribution in [3.63, 3.8) is 0 Å². The number of nitro groups is 1. The SMILES string of the molecule is Cc1sc(C(=O)NCc2cccc(CN3CCCCCC3)c2)cc1[N+](=O)[O-]. The molecule has 2 heterocycles. The summed E-state index contributed by atoms with van der Waals surface area (Å²) in [5.74, 6) is -0.269. The van der Waals surface area contributed by atoms with Gasteiger partial charge < -0.3 is 5.32 Å². The number of nitrogens with zero attached hydrogens (tertiary/aromatic N) is 2. The molecular weight excluding hydrogens is 362 g/mol. The van der Waals surface area contributed by atoms with E-state index in [0.717, 1.165) is 36.5 Å². The minimum Gasteiger partial charge on any atom is -0.347 e. The van der Waals surface area contributed by atoms with Gasteiger partial charge in [-0.2, -0.15) is 0 Å². The van der Waals surface area contributed by atoms with Gasteiger partial charge in [-0.25, -0.2) is 0 Å². The number of nitrogens with one attached hydrogen (secondary N) is 1. The van der Waals surface area contributed by atoms with E-state index in [4.69, 9.17) is 0 Å². The van der Waals surface area contributed by atoms with Crippen molar-refractivity contribution in [3.8, 4) is 0 Å². The molecule has 0 aliphatic carbocycles. The summed E-state index contributed by atoms with van der Waals surface area (Å²) in [6.45, 7) is 5.32. The Labute approximate surface area is 163 Å². The number of hydrogen-bond donors (Lipinski definition) is 1. The molecule has 1 aromatic carbocycles. The Morgan fingerprint density at radius 1 is 1.19 bits per heavy atom. The van der Waals surface area contributed by atoms with Gasteiger partial charge in [-0.05, 0) is 44.0 Å². The largest absolute Gasteiger partial charge is 0.347 e.